The quantitative estimate of drug-likeness (QED) is 0.763. The van der Waals surface area contributed by atoms with E-state index in [1.54, 1.807) is 24.7 Å². The fourth-order valence-electron chi connectivity index (χ4n) is 2.24. The lowest BCUT2D eigenvalue weighted by Crippen LogP contribution is -2.23. The molecule has 3 aromatic rings. The molecule has 0 spiro atoms. The largest absolute Gasteiger partial charge is 0.265 e. The highest BCUT2D eigenvalue weighted by molar-refractivity contribution is 7.89. The van der Waals surface area contributed by atoms with Gasteiger partial charge in [-0.15, -0.1) is 0 Å². The Labute approximate surface area is 145 Å². The number of pyridine rings is 2. The summed E-state index contributed by atoms with van der Waals surface area (Å²) in [6, 6.07) is 15.0. The van der Waals surface area contributed by atoms with Crippen molar-refractivity contribution in [3.05, 3.63) is 78.2 Å². The highest BCUT2D eigenvalue weighted by Gasteiger charge is 2.13. The maximum absolute atomic E-state index is 12.3. The molecule has 0 saturated heterocycles. The molecule has 0 radical (unpaired) electrons. The van der Waals surface area contributed by atoms with Gasteiger partial charge in [0.25, 0.3) is 0 Å². The Morgan fingerprint density at radius 3 is 2.40 bits per heavy atom. The van der Waals surface area contributed by atoms with Crippen molar-refractivity contribution in [3.63, 3.8) is 0 Å². The van der Waals surface area contributed by atoms with Gasteiger partial charge in [-0.25, -0.2) is 13.1 Å². The molecule has 0 unspecified atom stereocenters. The van der Waals surface area contributed by atoms with Crippen LogP contribution in [-0.4, -0.2) is 18.4 Å². The summed E-state index contributed by atoms with van der Waals surface area (Å²) in [6.07, 6.45) is 5.00. The Hall–Kier alpha value is -3.08. The normalized spacial score (nSPS) is 11.0. The van der Waals surface area contributed by atoms with Gasteiger partial charge >= 0.3 is 0 Å². The van der Waals surface area contributed by atoms with Crippen LogP contribution >= 0.6 is 0 Å². The molecule has 124 valence electrons. The van der Waals surface area contributed by atoms with Gasteiger partial charge in [0.15, 0.2) is 0 Å². The van der Waals surface area contributed by atoms with Crippen LogP contribution < -0.4 is 4.72 Å². The number of hydrogen-bond acceptors (Lipinski definition) is 5. The predicted molar refractivity (Wildman–Crippen MR) is 92.7 cm³/mol. The Kier molecular flexibility index (Phi) is 4.84. The van der Waals surface area contributed by atoms with Crippen LogP contribution in [0, 0.1) is 11.3 Å². The molecule has 2 heterocycles. The van der Waals surface area contributed by atoms with Crippen LogP contribution in [0.25, 0.3) is 11.3 Å². The summed E-state index contributed by atoms with van der Waals surface area (Å²) in [4.78, 5) is 8.38. The molecule has 0 fully saturated rings. The van der Waals surface area contributed by atoms with Crippen LogP contribution in [0.1, 0.15) is 11.1 Å². The highest BCUT2D eigenvalue weighted by atomic mass is 32.2. The second-order valence-corrected chi connectivity index (χ2v) is 7.01. The lowest BCUT2D eigenvalue weighted by molar-refractivity contribution is 0.581. The zero-order valence-corrected chi connectivity index (χ0v) is 13.9. The van der Waals surface area contributed by atoms with E-state index in [-0.39, 0.29) is 11.4 Å². The maximum Gasteiger partial charge on any atom is 0.240 e. The lowest BCUT2D eigenvalue weighted by Gasteiger charge is -2.08. The molecule has 0 atom stereocenters. The van der Waals surface area contributed by atoms with Crippen LogP contribution in [0.5, 0.6) is 0 Å². The summed E-state index contributed by atoms with van der Waals surface area (Å²) in [7, 11) is -3.65. The van der Waals surface area contributed by atoms with Gasteiger partial charge in [-0.2, -0.15) is 5.26 Å². The molecule has 0 amide bonds. The molecule has 6 nitrogen and oxygen atoms in total. The first-order valence-electron chi connectivity index (χ1n) is 7.44. The predicted octanol–water partition coefficient (Wildman–Crippen LogP) is 2.49. The summed E-state index contributed by atoms with van der Waals surface area (Å²) in [5.41, 5.74) is 2.86. The van der Waals surface area contributed by atoms with Crippen molar-refractivity contribution in [1.29, 1.82) is 5.26 Å². The zero-order valence-electron chi connectivity index (χ0n) is 13.1. The molecular weight excluding hydrogens is 336 g/mol. The molecule has 0 aliphatic heterocycles. The van der Waals surface area contributed by atoms with Crippen LogP contribution in [-0.2, 0) is 16.6 Å². The van der Waals surface area contributed by atoms with Gasteiger partial charge in [-0.05, 0) is 54.1 Å². The topological polar surface area (TPSA) is 95.7 Å². The minimum absolute atomic E-state index is 0.120. The van der Waals surface area contributed by atoms with Crippen LogP contribution in [0.15, 0.2) is 72.0 Å². The van der Waals surface area contributed by atoms with E-state index in [0.29, 0.717) is 5.56 Å². The fourth-order valence-corrected chi connectivity index (χ4v) is 3.25. The molecule has 25 heavy (non-hydrogen) atoms. The van der Waals surface area contributed by atoms with Gasteiger partial charge in [0.2, 0.25) is 10.0 Å². The molecule has 0 aliphatic rings. The van der Waals surface area contributed by atoms with Crippen molar-refractivity contribution in [2.75, 3.05) is 0 Å². The van der Waals surface area contributed by atoms with Crippen LogP contribution in [0.4, 0.5) is 0 Å². The number of sulfonamides is 1. The minimum atomic E-state index is -3.65. The molecule has 1 N–H and O–H groups in total. The third-order valence-corrected chi connectivity index (χ3v) is 4.98. The van der Waals surface area contributed by atoms with Gasteiger partial charge in [0.05, 0.1) is 22.2 Å². The van der Waals surface area contributed by atoms with Gasteiger partial charge in [0.1, 0.15) is 0 Å². The number of nitriles is 1. The molecule has 1 aromatic carbocycles. The highest BCUT2D eigenvalue weighted by Crippen LogP contribution is 2.17. The van der Waals surface area contributed by atoms with E-state index >= 15 is 0 Å². The van der Waals surface area contributed by atoms with Gasteiger partial charge < -0.3 is 0 Å². The second kappa shape index (κ2) is 7.21. The van der Waals surface area contributed by atoms with E-state index in [1.807, 2.05) is 24.3 Å². The lowest BCUT2D eigenvalue weighted by atomic mass is 10.1. The Bertz CT molecular complexity index is 1010. The monoisotopic (exact) mass is 350 g/mol. The molecule has 7 heteroatoms. The average molecular weight is 350 g/mol. The van der Waals surface area contributed by atoms with E-state index in [4.69, 9.17) is 5.26 Å². The van der Waals surface area contributed by atoms with Crippen molar-refractivity contribution in [1.82, 2.24) is 14.7 Å². The first-order valence-corrected chi connectivity index (χ1v) is 8.92. The standard InChI is InChI=1S/C18H14N4O2S/c19-12-14-1-3-17(4-2-14)25(23,24)22-13-15-5-10-21-18(11-15)16-6-8-20-9-7-16/h1-11,22H,13H2. The van der Waals surface area contributed by atoms with E-state index < -0.39 is 10.0 Å². The molecule has 0 bridgehead atoms. The van der Waals surface area contributed by atoms with E-state index in [9.17, 15) is 8.42 Å². The van der Waals surface area contributed by atoms with Gasteiger partial charge in [-0.3, -0.25) is 9.97 Å². The molecule has 0 saturated carbocycles. The summed E-state index contributed by atoms with van der Waals surface area (Å²) < 4.78 is 27.2. The SMILES string of the molecule is N#Cc1ccc(S(=O)(=O)NCc2ccnc(-c3ccncc3)c2)cc1. The Morgan fingerprint density at radius 1 is 1.00 bits per heavy atom. The molecule has 0 aliphatic carbocycles. The van der Waals surface area contributed by atoms with Crippen molar-refractivity contribution in [3.8, 4) is 17.3 Å². The first-order chi connectivity index (χ1) is 12.1. The molecule has 2 aromatic heterocycles. The summed E-state index contributed by atoms with van der Waals surface area (Å²) in [5, 5.41) is 8.78. The van der Waals surface area contributed by atoms with E-state index in [2.05, 4.69) is 14.7 Å². The van der Waals surface area contributed by atoms with Crippen LogP contribution in [0.2, 0.25) is 0 Å². The van der Waals surface area contributed by atoms with E-state index in [0.717, 1.165) is 16.8 Å². The summed E-state index contributed by atoms with van der Waals surface area (Å²) in [5.74, 6) is 0. The summed E-state index contributed by atoms with van der Waals surface area (Å²) >= 11 is 0. The number of nitrogens with one attached hydrogen (secondary N) is 1. The number of rotatable bonds is 5. The second-order valence-electron chi connectivity index (χ2n) is 5.25. The zero-order chi connectivity index (χ0) is 17.7. The van der Waals surface area contributed by atoms with Crippen molar-refractivity contribution in [2.24, 2.45) is 0 Å². The number of hydrogen-bond donors (Lipinski definition) is 1. The molecule has 3 rings (SSSR count). The van der Waals surface area contributed by atoms with Crippen molar-refractivity contribution in [2.45, 2.75) is 11.4 Å². The Morgan fingerprint density at radius 2 is 1.72 bits per heavy atom. The first kappa shape index (κ1) is 16.8. The van der Waals surface area contributed by atoms with Gasteiger partial charge in [0, 0.05) is 30.7 Å². The fraction of sp³-hybridized carbons (Fsp3) is 0.0556. The maximum atomic E-state index is 12.3. The van der Waals surface area contributed by atoms with Gasteiger partial charge in [-0.1, -0.05) is 0 Å². The number of benzene rings is 1. The number of nitrogens with zero attached hydrogens (tertiary/aromatic N) is 3. The minimum Gasteiger partial charge on any atom is -0.265 e. The summed E-state index contributed by atoms with van der Waals surface area (Å²) in [6.45, 7) is 0.142. The van der Waals surface area contributed by atoms with Crippen molar-refractivity contribution >= 4 is 10.0 Å². The van der Waals surface area contributed by atoms with Crippen molar-refractivity contribution < 1.29 is 8.42 Å². The molecular formula is C18H14N4O2S. The van der Waals surface area contributed by atoms with E-state index in [1.165, 1.54) is 24.3 Å². The Balaban J connectivity index is 1.76. The third kappa shape index (κ3) is 4.07. The average Bonchev–Trinajstić information content (AvgIpc) is 2.67. The van der Waals surface area contributed by atoms with Crippen LogP contribution in [0.3, 0.4) is 0 Å². The smallest absolute Gasteiger partial charge is 0.240 e. The number of aromatic nitrogens is 2. The third-order valence-electron chi connectivity index (χ3n) is 3.56.